The molecule has 1 amide bonds. The van der Waals surface area contributed by atoms with Gasteiger partial charge in [0.2, 0.25) is 0 Å². The third-order valence-corrected chi connectivity index (χ3v) is 6.34. The Bertz CT molecular complexity index is 965. The predicted octanol–water partition coefficient (Wildman–Crippen LogP) is 4.14. The molecule has 4 nitrogen and oxygen atoms in total. The summed E-state index contributed by atoms with van der Waals surface area (Å²) < 4.78 is 20.4. The maximum Gasteiger partial charge on any atom is 0.264 e. The molecule has 6 heteroatoms. The van der Waals surface area contributed by atoms with Crippen molar-refractivity contribution in [2.75, 3.05) is 33.3 Å². The maximum atomic E-state index is 14.4. The second kappa shape index (κ2) is 8.39. The van der Waals surface area contributed by atoms with Gasteiger partial charge in [0.05, 0.1) is 11.5 Å². The number of ether oxygens (including phenoxy) is 1. The van der Waals surface area contributed by atoms with Gasteiger partial charge in [0, 0.05) is 55.5 Å². The predicted molar refractivity (Wildman–Crippen MR) is 110 cm³/mol. The van der Waals surface area contributed by atoms with Crippen LogP contribution in [-0.2, 0) is 17.9 Å². The number of carbonyl (C=O) groups excluding carboxylic acids is 1. The van der Waals surface area contributed by atoms with Gasteiger partial charge in [0.1, 0.15) is 5.82 Å². The molecule has 0 N–H and O–H groups in total. The number of amides is 1. The van der Waals surface area contributed by atoms with Crippen LogP contribution in [0.4, 0.5) is 4.39 Å². The summed E-state index contributed by atoms with van der Waals surface area (Å²) in [4.78, 5) is 18.0. The Balaban J connectivity index is 1.50. The fourth-order valence-corrected chi connectivity index (χ4v) is 4.91. The Morgan fingerprint density at radius 1 is 1.07 bits per heavy atom. The summed E-state index contributed by atoms with van der Waals surface area (Å²) in [6.45, 7) is 4.14. The summed E-state index contributed by atoms with van der Waals surface area (Å²) in [7, 11) is 1.57. The number of methoxy groups -OCH3 is 1. The van der Waals surface area contributed by atoms with Crippen molar-refractivity contribution in [1.29, 1.82) is 0 Å². The van der Waals surface area contributed by atoms with Crippen LogP contribution < -0.4 is 0 Å². The molecule has 1 aromatic heterocycles. The third kappa shape index (κ3) is 3.81. The molecule has 0 spiro atoms. The fraction of sp³-hybridized carbons (Fsp3) is 0.318. The lowest BCUT2D eigenvalue weighted by Gasteiger charge is -2.34. The number of carbonyl (C=O) groups is 1. The summed E-state index contributed by atoms with van der Waals surface area (Å²) in [5.74, 6) is -0.320. The van der Waals surface area contributed by atoms with Gasteiger partial charge in [-0.1, -0.05) is 36.4 Å². The Morgan fingerprint density at radius 3 is 2.54 bits per heavy atom. The van der Waals surface area contributed by atoms with Crippen molar-refractivity contribution >= 4 is 27.3 Å². The highest BCUT2D eigenvalue weighted by molar-refractivity contribution is 7.21. The lowest BCUT2D eigenvalue weighted by atomic mass is 10.1. The molecule has 1 fully saturated rings. The molecule has 0 aliphatic carbocycles. The summed E-state index contributed by atoms with van der Waals surface area (Å²) in [6, 6.07) is 15.3. The van der Waals surface area contributed by atoms with Gasteiger partial charge in [-0.15, -0.1) is 11.3 Å². The third-order valence-electron chi connectivity index (χ3n) is 5.15. The van der Waals surface area contributed by atoms with E-state index in [9.17, 15) is 9.18 Å². The number of hydrogen-bond donors (Lipinski definition) is 0. The van der Waals surface area contributed by atoms with Gasteiger partial charge in [-0.25, -0.2) is 4.39 Å². The van der Waals surface area contributed by atoms with Crippen LogP contribution in [0.5, 0.6) is 0 Å². The smallest absolute Gasteiger partial charge is 0.264 e. The van der Waals surface area contributed by atoms with E-state index in [4.69, 9.17) is 4.74 Å². The van der Waals surface area contributed by atoms with Crippen LogP contribution in [-0.4, -0.2) is 49.0 Å². The quantitative estimate of drug-likeness (QED) is 0.647. The molecule has 0 atom stereocenters. The van der Waals surface area contributed by atoms with E-state index in [-0.39, 0.29) is 18.3 Å². The number of thiophene rings is 1. The Labute approximate surface area is 168 Å². The van der Waals surface area contributed by atoms with Crippen molar-refractivity contribution in [2.45, 2.75) is 13.2 Å². The normalized spacial score (nSPS) is 15.3. The zero-order valence-corrected chi connectivity index (χ0v) is 16.7. The number of halogens is 1. The van der Waals surface area contributed by atoms with Crippen LogP contribution in [0.2, 0.25) is 0 Å². The first-order valence-electron chi connectivity index (χ1n) is 9.41. The van der Waals surface area contributed by atoms with E-state index >= 15 is 0 Å². The van der Waals surface area contributed by atoms with E-state index < -0.39 is 0 Å². The minimum Gasteiger partial charge on any atom is -0.380 e. The number of benzene rings is 2. The van der Waals surface area contributed by atoms with E-state index in [2.05, 4.69) is 17.0 Å². The molecule has 0 unspecified atom stereocenters. The molecule has 3 aromatic rings. The zero-order chi connectivity index (χ0) is 19.5. The Morgan fingerprint density at radius 2 is 1.82 bits per heavy atom. The van der Waals surface area contributed by atoms with Crippen molar-refractivity contribution in [3.63, 3.8) is 0 Å². The molecule has 0 saturated carbocycles. The molecule has 1 aliphatic heterocycles. The van der Waals surface area contributed by atoms with E-state index in [1.165, 1.54) is 23.0 Å². The lowest BCUT2D eigenvalue weighted by molar-refractivity contribution is 0.0629. The van der Waals surface area contributed by atoms with Crippen LogP contribution in [0.1, 0.15) is 20.8 Å². The Hall–Kier alpha value is -2.28. The van der Waals surface area contributed by atoms with E-state index in [1.807, 2.05) is 29.2 Å². The second-order valence-electron chi connectivity index (χ2n) is 7.01. The highest BCUT2D eigenvalue weighted by Gasteiger charge is 2.27. The van der Waals surface area contributed by atoms with Crippen molar-refractivity contribution < 1.29 is 13.9 Å². The van der Waals surface area contributed by atoms with Gasteiger partial charge >= 0.3 is 0 Å². The van der Waals surface area contributed by atoms with E-state index in [1.54, 1.807) is 13.2 Å². The molecule has 28 heavy (non-hydrogen) atoms. The monoisotopic (exact) mass is 398 g/mol. The highest BCUT2D eigenvalue weighted by Crippen LogP contribution is 2.34. The average molecular weight is 399 g/mol. The van der Waals surface area contributed by atoms with Crippen LogP contribution in [0.3, 0.4) is 0 Å². The summed E-state index contributed by atoms with van der Waals surface area (Å²) in [5.41, 5.74) is 1.95. The number of rotatable bonds is 5. The van der Waals surface area contributed by atoms with E-state index in [0.29, 0.717) is 28.9 Å². The topological polar surface area (TPSA) is 32.8 Å². The largest absolute Gasteiger partial charge is 0.380 e. The molecule has 0 bridgehead atoms. The average Bonchev–Trinajstić information content (AvgIpc) is 3.09. The molecule has 0 radical (unpaired) electrons. The Kier molecular flexibility index (Phi) is 5.71. The molecule has 146 valence electrons. The molecular weight excluding hydrogens is 375 g/mol. The van der Waals surface area contributed by atoms with E-state index in [0.717, 1.165) is 24.3 Å². The van der Waals surface area contributed by atoms with Gasteiger partial charge in [0.25, 0.3) is 5.91 Å². The molecular formula is C22H23FN2O2S. The van der Waals surface area contributed by atoms with Crippen molar-refractivity contribution in [3.05, 3.63) is 70.4 Å². The number of fused-ring (bicyclic) bond motifs is 1. The van der Waals surface area contributed by atoms with Crippen LogP contribution in [0.15, 0.2) is 48.5 Å². The van der Waals surface area contributed by atoms with Gasteiger partial charge in [-0.3, -0.25) is 9.69 Å². The lowest BCUT2D eigenvalue weighted by Crippen LogP contribution is -2.48. The molecule has 1 aliphatic rings. The second-order valence-corrected chi connectivity index (χ2v) is 8.06. The number of hydrogen-bond acceptors (Lipinski definition) is 4. The van der Waals surface area contributed by atoms with Gasteiger partial charge in [-0.2, -0.15) is 0 Å². The van der Waals surface area contributed by atoms with Crippen molar-refractivity contribution in [1.82, 2.24) is 9.80 Å². The number of nitrogens with zero attached hydrogens (tertiary/aromatic N) is 2. The van der Waals surface area contributed by atoms with Crippen molar-refractivity contribution in [3.8, 4) is 0 Å². The summed E-state index contributed by atoms with van der Waals surface area (Å²) >= 11 is 1.36. The van der Waals surface area contributed by atoms with Gasteiger partial charge < -0.3 is 9.64 Å². The first-order chi connectivity index (χ1) is 13.7. The first-order valence-corrected chi connectivity index (χ1v) is 10.2. The van der Waals surface area contributed by atoms with Crippen LogP contribution in [0, 0.1) is 5.82 Å². The SMILES string of the molecule is COCc1c(C(=O)N2CCN(Cc3ccccc3)CC2)sc2cccc(F)c12. The maximum absolute atomic E-state index is 14.4. The van der Waals surface area contributed by atoms with Crippen LogP contribution >= 0.6 is 11.3 Å². The van der Waals surface area contributed by atoms with Crippen molar-refractivity contribution in [2.24, 2.45) is 0 Å². The summed E-state index contributed by atoms with van der Waals surface area (Å²) in [6.07, 6.45) is 0. The zero-order valence-electron chi connectivity index (χ0n) is 15.9. The summed E-state index contributed by atoms with van der Waals surface area (Å²) in [5, 5.41) is 0.514. The number of piperazine rings is 1. The molecule has 4 rings (SSSR count). The first kappa shape index (κ1) is 19.1. The molecule has 1 saturated heterocycles. The van der Waals surface area contributed by atoms with Gasteiger partial charge in [-0.05, 0) is 17.7 Å². The molecule has 2 aromatic carbocycles. The minimum atomic E-state index is -0.299. The standard InChI is InChI=1S/C22H23FN2O2S/c1-27-15-17-20-18(23)8-5-9-19(20)28-21(17)22(26)25-12-10-24(11-13-25)14-16-6-3-2-4-7-16/h2-9H,10-15H2,1H3. The fourth-order valence-electron chi connectivity index (χ4n) is 3.72. The molecule has 2 heterocycles. The van der Waals surface area contributed by atoms with Crippen LogP contribution in [0.25, 0.3) is 10.1 Å². The van der Waals surface area contributed by atoms with Gasteiger partial charge in [0.15, 0.2) is 0 Å². The minimum absolute atomic E-state index is 0.0213. The highest BCUT2D eigenvalue weighted by atomic mass is 32.1.